The number of hydrogen-bond donors (Lipinski definition) is 2. The van der Waals surface area contributed by atoms with Gasteiger partial charge in [-0.25, -0.2) is 4.98 Å². The molecule has 5 nitrogen and oxygen atoms in total. The SMILES string of the molecule is O=C(c1csc(Cc2ccccc2)n1)N(CCO)CCO. The fraction of sp³-hybridized carbons (Fsp3) is 0.333. The third-order valence-electron chi connectivity index (χ3n) is 3.00. The summed E-state index contributed by atoms with van der Waals surface area (Å²) in [4.78, 5) is 18.0. The van der Waals surface area contributed by atoms with Crippen molar-refractivity contribution in [2.75, 3.05) is 26.3 Å². The van der Waals surface area contributed by atoms with Crippen LogP contribution in [-0.4, -0.2) is 52.3 Å². The molecule has 0 aliphatic heterocycles. The highest BCUT2D eigenvalue weighted by molar-refractivity contribution is 7.09. The standard InChI is InChI=1S/C15H18N2O3S/c18-8-6-17(7-9-19)15(20)13-11-21-14(16-13)10-12-4-2-1-3-5-12/h1-5,11,18-19H,6-10H2. The molecule has 0 radical (unpaired) electrons. The quantitative estimate of drug-likeness (QED) is 0.805. The highest BCUT2D eigenvalue weighted by atomic mass is 32.1. The molecule has 1 aromatic carbocycles. The molecule has 6 heteroatoms. The number of aliphatic hydroxyl groups is 2. The average Bonchev–Trinajstić information content (AvgIpc) is 2.96. The smallest absolute Gasteiger partial charge is 0.273 e. The van der Waals surface area contributed by atoms with E-state index in [0.717, 1.165) is 10.6 Å². The van der Waals surface area contributed by atoms with E-state index in [1.807, 2.05) is 30.3 Å². The maximum atomic E-state index is 12.2. The minimum absolute atomic E-state index is 0.132. The molecule has 2 rings (SSSR count). The molecule has 0 aliphatic rings. The molecule has 0 unspecified atom stereocenters. The van der Waals surface area contributed by atoms with Crippen LogP contribution in [0.4, 0.5) is 0 Å². The molecule has 112 valence electrons. The van der Waals surface area contributed by atoms with Gasteiger partial charge < -0.3 is 15.1 Å². The minimum atomic E-state index is -0.256. The van der Waals surface area contributed by atoms with E-state index in [2.05, 4.69) is 4.98 Å². The summed E-state index contributed by atoms with van der Waals surface area (Å²) in [6, 6.07) is 9.94. The zero-order valence-electron chi connectivity index (χ0n) is 11.6. The summed E-state index contributed by atoms with van der Waals surface area (Å²) < 4.78 is 0. The number of aliphatic hydroxyl groups excluding tert-OH is 2. The van der Waals surface area contributed by atoms with Crippen molar-refractivity contribution in [3.63, 3.8) is 0 Å². The number of amides is 1. The molecule has 1 amide bonds. The van der Waals surface area contributed by atoms with Crippen molar-refractivity contribution in [1.29, 1.82) is 0 Å². The second kappa shape index (κ2) is 7.87. The Balaban J connectivity index is 2.06. The largest absolute Gasteiger partial charge is 0.395 e. The van der Waals surface area contributed by atoms with E-state index in [-0.39, 0.29) is 32.2 Å². The van der Waals surface area contributed by atoms with Gasteiger partial charge in [-0.3, -0.25) is 4.79 Å². The first-order chi connectivity index (χ1) is 10.2. The number of carbonyl (C=O) groups is 1. The fourth-order valence-corrected chi connectivity index (χ4v) is 2.78. The Kier molecular flexibility index (Phi) is 5.86. The summed E-state index contributed by atoms with van der Waals surface area (Å²) in [6.45, 7) is 0.134. The molecule has 1 aromatic heterocycles. The van der Waals surface area contributed by atoms with E-state index in [1.54, 1.807) is 5.38 Å². The lowest BCUT2D eigenvalue weighted by molar-refractivity contribution is 0.0679. The predicted molar refractivity (Wildman–Crippen MR) is 81.4 cm³/mol. The monoisotopic (exact) mass is 306 g/mol. The second-order valence-electron chi connectivity index (χ2n) is 4.53. The normalized spacial score (nSPS) is 10.6. The summed E-state index contributed by atoms with van der Waals surface area (Å²) >= 11 is 1.44. The van der Waals surface area contributed by atoms with E-state index in [0.29, 0.717) is 12.1 Å². The van der Waals surface area contributed by atoms with Gasteiger partial charge in [-0.05, 0) is 5.56 Å². The number of nitrogens with zero attached hydrogens (tertiary/aromatic N) is 2. The van der Waals surface area contributed by atoms with Crippen molar-refractivity contribution >= 4 is 17.2 Å². The highest BCUT2D eigenvalue weighted by Crippen LogP contribution is 2.16. The number of thiazole rings is 1. The van der Waals surface area contributed by atoms with E-state index in [1.165, 1.54) is 16.2 Å². The Bertz CT molecular complexity index is 565. The molecule has 0 atom stereocenters. The second-order valence-corrected chi connectivity index (χ2v) is 5.47. The fourth-order valence-electron chi connectivity index (χ4n) is 1.98. The van der Waals surface area contributed by atoms with Gasteiger partial charge in [-0.1, -0.05) is 30.3 Å². The van der Waals surface area contributed by atoms with Crippen LogP contribution < -0.4 is 0 Å². The van der Waals surface area contributed by atoms with Crippen molar-refractivity contribution in [2.45, 2.75) is 6.42 Å². The van der Waals surface area contributed by atoms with Crippen LogP contribution in [-0.2, 0) is 6.42 Å². The summed E-state index contributed by atoms with van der Waals surface area (Å²) in [5.74, 6) is -0.256. The van der Waals surface area contributed by atoms with Crippen LogP contribution in [0.15, 0.2) is 35.7 Å². The van der Waals surface area contributed by atoms with Crippen LogP contribution in [0.3, 0.4) is 0 Å². The number of aromatic nitrogens is 1. The molecule has 0 bridgehead atoms. The molecule has 2 N–H and O–H groups in total. The molecule has 2 aromatic rings. The highest BCUT2D eigenvalue weighted by Gasteiger charge is 2.18. The Labute approximate surface area is 127 Å². The molecule has 0 saturated carbocycles. The Morgan fingerprint density at radius 1 is 1.14 bits per heavy atom. The number of hydrogen-bond acceptors (Lipinski definition) is 5. The number of carbonyl (C=O) groups excluding carboxylic acids is 1. The van der Waals surface area contributed by atoms with Crippen molar-refractivity contribution in [3.8, 4) is 0 Å². The van der Waals surface area contributed by atoms with Gasteiger partial charge in [0, 0.05) is 24.9 Å². The van der Waals surface area contributed by atoms with Gasteiger partial charge >= 0.3 is 0 Å². The van der Waals surface area contributed by atoms with Crippen LogP contribution in [0, 0.1) is 0 Å². The maximum absolute atomic E-state index is 12.2. The Morgan fingerprint density at radius 2 is 1.81 bits per heavy atom. The summed E-state index contributed by atoms with van der Waals surface area (Å²) in [5, 5.41) is 20.5. The van der Waals surface area contributed by atoms with Gasteiger partial charge in [0.15, 0.2) is 0 Å². The topological polar surface area (TPSA) is 73.7 Å². The van der Waals surface area contributed by atoms with Crippen molar-refractivity contribution in [2.24, 2.45) is 0 Å². The lowest BCUT2D eigenvalue weighted by Crippen LogP contribution is -2.36. The first-order valence-corrected chi connectivity index (χ1v) is 7.62. The van der Waals surface area contributed by atoms with Crippen LogP contribution in [0.1, 0.15) is 21.1 Å². The predicted octanol–water partition coefficient (Wildman–Crippen LogP) is 1.16. The van der Waals surface area contributed by atoms with Gasteiger partial charge in [0.1, 0.15) is 5.69 Å². The summed E-state index contributed by atoms with van der Waals surface area (Å²) in [5.41, 5.74) is 1.52. The van der Waals surface area contributed by atoms with Gasteiger partial charge in [0.2, 0.25) is 0 Å². The minimum Gasteiger partial charge on any atom is -0.395 e. The van der Waals surface area contributed by atoms with Crippen LogP contribution in [0.25, 0.3) is 0 Å². The van der Waals surface area contributed by atoms with Gasteiger partial charge in [0.05, 0.1) is 18.2 Å². The summed E-state index contributed by atoms with van der Waals surface area (Å²) in [7, 11) is 0. The first-order valence-electron chi connectivity index (χ1n) is 6.74. The molecule has 0 spiro atoms. The van der Waals surface area contributed by atoms with Crippen molar-refractivity contribution < 1.29 is 15.0 Å². The summed E-state index contributed by atoms with van der Waals surface area (Å²) in [6.07, 6.45) is 0.693. The lowest BCUT2D eigenvalue weighted by Gasteiger charge is -2.19. The molecular formula is C15H18N2O3S. The van der Waals surface area contributed by atoms with Crippen molar-refractivity contribution in [3.05, 3.63) is 52.0 Å². The van der Waals surface area contributed by atoms with Gasteiger partial charge in [-0.2, -0.15) is 0 Å². The van der Waals surface area contributed by atoms with Crippen LogP contribution >= 0.6 is 11.3 Å². The zero-order valence-corrected chi connectivity index (χ0v) is 12.4. The van der Waals surface area contributed by atoms with Gasteiger partial charge in [0.25, 0.3) is 5.91 Å². The number of benzene rings is 1. The van der Waals surface area contributed by atoms with E-state index in [9.17, 15) is 4.79 Å². The van der Waals surface area contributed by atoms with Crippen LogP contribution in [0.5, 0.6) is 0 Å². The Hall–Kier alpha value is -1.76. The molecule has 0 fully saturated rings. The average molecular weight is 306 g/mol. The van der Waals surface area contributed by atoms with E-state index < -0.39 is 0 Å². The molecular weight excluding hydrogens is 288 g/mol. The number of rotatable bonds is 7. The van der Waals surface area contributed by atoms with Crippen LogP contribution in [0.2, 0.25) is 0 Å². The lowest BCUT2D eigenvalue weighted by atomic mass is 10.2. The van der Waals surface area contributed by atoms with Gasteiger partial charge in [-0.15, -0.1) is 11.3 Å². The zero-order chi connectivity index (χ0) is 15.1. The molecule has 21 heavy (non-hydrogen) atoms. The Morgan fingerprint density at radius 3 is 2.43 bits per heavy atom. The molecule has 0 saturated heterocycles. The third-order valence-corrected chi connectivity index (χ3v) is 3.84. The first kappa shape index (κ1) is 15.6. The molecule has 1 heterocycles. The van der Waals surface area contributed by atoms with E-state index >= 15 is 0 Å². The molecule has 0 aliphatic carbocycles. The third kappa shape index (κ3) is 4.35. The van der Waals surface area contributed by atoms with Crippen molar-refractivity contribution in [1.82, 2.24) is 9.88 Å². The van der Waals surface area contributed by atoms with E-state index in [4.69, 9.17) is 10.2 Å². The maximum Gasteiger partial charge on any atom is 0.273 e.